The van der Waals surface area contributed by atoms with Crippen LogP contribution in [0, 0.1) is 0 Å². The Morgan fingerprint density at radius 2 is 1.78 bits per heavy atom. The summed E-state index contributed by atoms with van der Waals surface area (Å²) in [5.74, 6) is 1.65. The fraction of sp³-hybridized carbons (Fsp3) is 0.588. The van der Waals surface area contributed by atoms with Gasteiger partial charge >= 0.3 is 0 Å². The van der Waals surface area contributed by atoms with Crippen LogP contribution in [-0.4, -0.2) is 38.4 Å². The number of halogens is 1. The highest BCUT2D eigenvalue weighted by atomic mass is 127. The number of rotatable bonds is 7. The molecule has 0 aliphatic carbocycles. The first-order valence-electron chi connectivity index (χ1n) is 7.61. The fourth-order valence-corrected chi connectivity index (χ4v) is 1.73. The van der Waals surface area contributed by atoms with Crippen LogP contribution < -0.4 is 15.4 Å². The molecular weight excluding hydrogens is 405 g/mol. The molecule has 2 N–H and O–H groups in total. The molecule has 0 unspecified atom stereocenters. The zero-order valence-electron chi connectivity index (χ0n) is 15.0. The van der Waals surface area contributed by atoms with Crippen molar-refractivity contribution in [2.24, 2.45) is 4.99 Å². The van der Waals surface area contributed by atoms with E-state index in [1.165, 1.54) is 5.56 Å². The second-order valence-electron chi connectivity index (χ2n) is 6.05. The highest BCUT2D eigenvalue weighted by Crippen LogP contribution is 2.13. The van der Waals surface area contributed by atoms with E-state index in [0.717, 1.165) is 11.7 Å². The molecule has 0 aliphatic rings. The van der Waals surface area contributed by atoms with Crippen molar-refractivity contribution in [1.29, 1.82) is 0 Å². The lowest BCUT2D eigenvalue weighted by molar-refractivity contribution is 0.0268. The van der Waals surface area contributed by atoms with Gasteiger partial charge in [0.25, 0.3) is 0 Å². The number of methoxy groups -OCH3 is 1. The average molecular weight is 435 g/mol. The molecule has 0 heterocycles. The maximum atomic E-state index is 5.63. The first kappa shape index (κ1) is 22.0. The third-order valence-corrected chi connectivity index (χ3v) is 3.21. The Hall–Kier alpha value is -1.02. The van der Waals surface area contributed by atoms with Crippen molar-refractivity contribution in [3.8, 4) is 5.75 Å². The zero-order valence-corrected chi connectivity index (χ0v) is 17.3. The SMILES string of the molecule is CN=C(NCc1ccc(OC(C)C)cc1)NCC(C)(C)OC.I. The summed E-state index contributed by atoms with van der Waals surface area (Å²) < 4.78 is 11.0. The van der Waals surface area contributed by atoms with E-state index in [9.17, 15) is 0 Å². The molecule has 1 aromatic rings. The number of guanidine groups is 1. The predicted octanol–water partition coefficient (Wildman–Crippen LogP) is 3.18. The normalized spacial score (nSPS) is 11.9. The monoisotopic (exact) mass is 435 g/mol. The van der Waals surface area contributed by atoms with Gasteiger partial charge in [-0.3, -0.25) is 4.99 Å². The van der Waals surface area contributed by atoms with Crippen LogP contribution in [0.3, 0.4) is 0 Å². The summed E-state index contributed by atoms with van der Waals surface area (Å²) in [5.41, 5.74) is 0.943. The summed E-state index contributed by atoms with van der Waals surface area (Å²) >= 11 is 0. The first-order chi connectivity index (χ1) is 10.4. The molecular formula is C17H30IN3O2. The van der Waals surface area contributed by atoms with Crippen LogP contribution in [0.15, 0.2) is 29.3 Å². The fourth-order valence-electron chi connectivity index (χ4n) is 1.73. The third kappa shape index (κ3) is 9.00. The number of nitrogens with one attached hydrogen (secondary N) is 2. The van der Waals surface area contributed by atoms with Gasteiger partial charge in [0.05, 0.1) is 11.7 Å². The number of benzene rings is 1. The van der Waals surface area contributed by atoms with E-state index in [2.05, 4.69) is 27.8 Å². The summed E-state index contributed by atoms with van der Waals surface area (Å²) in [6.45, 7) is 9.49. The average Bonchev–Trinajstić information content (AvgIpc) is 2.48. The van der Waals surface area contributed by atoms with Gasteiger partial charge in [0.2, 0.25) is 0 Å². The smallest absolute Gasteiger partial charge is 0.191 e. The van der Waals surface area contributed by atoms with Crippen LogP contribution in [0.2, 0.25) is 0 Å². The Bertz CT molecular complexity index is 473. The highest BCUT2D eigenvalue weighted by molar-refractivity contribution is 14.0. The van der Waals surface area contributed by atoms with Crippen LogP contribution in [0.4, 0.5) is 0 Å². The van der Waals surface area contributed by atoms with Crippen molar-refractivity contribution in [2.75, 3.05) is 20.7 Å². The molecule has 0 saturated heterocycles. The quantitative estimate of drug-likeness (QED) is 0.393. The second-order valence-corrected chi connectivity index (χ2v) is 6.05. The van der Waals surface area contributed by atoms with Crippen LogP contribution in [0.1, 0.15) is 33.3 Å². The third-order valence-electron chi connectivity index (χ3n) is 3.21. The van der Waals surface area contributed by atoms with Gasteiger partial charge < -0.3 is 20.1 Å². The standard InChI is InChI=1S/C17H29N3O2.HI/c1-13(2)22-15-9-7-14(8-10-15)11-19-16(18-5)20-12-17(3,4)21-6;/h7-10,13H,11-12H2,1-6H3,(H2,18,19,20);1H. The summed E-state index contributed by atoms with van der Waals surface area (Å²) in [5, 5.41) is 6.54. The van der Waals surface area contributed by atoms with Crippen molar-refractivity contribution in [1.82, 2.24) is 10.6 Å². The molecule has 0 aromatic heterocycles. The van der Waals surface area contributed by atoms with Gasteiger partial charge in [0.15, 0.2) is 5.96 Å². The molecule has 0 spiro atoms. The van der Waals surface area contributed by atoms with E-state index in [1.54, 1.807) is 14.2 Å². The molecule has 1 rings (SSSR count). The van der Waals surface area contributed by atoms with E-state index in [4.69, 9.17) is 9.47 Å². The Labute approximate surface area is 157 Å². The minimum Gasteiger partial charge on any atom is -0.491 e. The molecule has 0 amide bonds. The van der Waals surface area contributed by atoms with E-state index < -0.39 is 0 Å². The van der Waals surface area contributed by atoms with Crippen molar-refractivity contribution in [2.45, 2.75) is 45.9 Å². The molecule has 0 aliphatic heterocycles. The van der Waals surface area contributed by atoms with Crippen molar-refractivity contribution < 1.29 is 9.47 Å². The van der Waals surface area contributed by atoms with Crippen LogP contribution in [-0.2, 0) is 11.3 Å². The lowest BCUT2D eigenvalue weighted by atomic mass is 10.1. The molecule has 0 saturated carbocycles. The maximum Gasteiger partial charge on any atom is 0.191 e. The highest BCUT2D eigenvalue weighted by Gasteiger charge is 2.16. The maximum absolute atomic E-state index is 5.63. The van der Waals surface area contributed by atoms with E-state index in [-0.39, 0.29) is 35.7 Å². The Morgan fingerprint density at radius 3 is 2.26 bits per heavy atom. The molecule has 0 atom stereocenters. The lowest BCUT2D eigenvalue weighted by Crippen LogP contribution is -2.45. The summed E-state index contributed by atoms with van der Waals surface area (Å²) in [4.78, 5) is 4.21. The van der Waals surface area contributed by atoms with E-state index in [0.29, 0.717) is 13.1 Å². The largest absolute Gasteiger partial charge is 0.491 e. The number of hydrogen-bond acceptors (Lipinski definition) is 3. The molecule has 0 bridgehead atoms. The molecule has 132 valence electrons. The van der Waals surface area contributed by atoms with E-state index in [1.807, 2.05) is 39.8 Å². The molecule has 23 heavy (non-hydrogen) atoms. The summed E-state index contributed by atoms with van der Waals surface area (Å²) in [6, 6.07) is 8.08. The van der Waals surface area contributed by atoms with Gasteiger partial charge in [0, 0.05) is 27.2 Å². The minimum atomic E-state index is -0.229. The van der Waals surface area contributed by atoms with Crippen LogP contribution >= 0.6 is 24.0 Å². The van der Waals surface area contributed by atoms with Gasteiger partial charge in [0.1, 0.15) is 5.75 Å². The molecule has 0 fully saturated rings. The second kappa shape index (κ2) is 10.7. The number of aliphatic imine (C=N–C) groups is 1. The zero-order chi connectivity index (χ0) is 16.6. The molecule has 6 heteroatoms. The van der Waals surface area contributed by atoms with Crippen LogP contribution in [0.5, 0.6) is 5.75 Å². The van der Waals surface area contributed by atoms with Crippen molar-refractivity contribution in [3.63, 3.8) is 0 Å². The van der Waals surface area contributed by atoms with Crippen molar-refractivity contribution >= 4 is 29.9 Å². The Morgan fingerprint density at radius 1 is 1.17 bits per heavy atom. The Balaban J connectivity index is 0.00000484. The van der Waals surface area contributed by atoms with E-state index >= 15 is 0 Å². The van der Waals surface area contributed by atoms with Gasteiger partial charge in [-0.15, -0.1) is 24.0 Å². The predicted molar refractivity (Wildman–Crippen MR) is 107 cm³/mol. The summed E-state index contributed by atoms with van der Waals surface area (Å²) in [7, 11) is 3.47. The lowest BCUT2D eigenvalue weighted by Gasteiger charge is -2.24. The first-order valence-corrected chi connectivity index (χ1v) is 7.61. The van der Waals surface area contributed by atoms with Gasteiger partial charge in [-0.1, -0.05) is 12.1 Å². The number of nitrogens with zero attached hydrogens (tertiary/aromatic N) is 1. The topological polar surface area (TPSA) is 54.9 Å². The molecule has 1 aromatic carbocycles. The van der Waals surface area contributed by atoms with Crippen LogP contribution in [0.25, 0.3) is 0 Å². The minimum absolute atomic E-state index is 0. The molecule has 0 radical (unpaired) electrons. The number of ether oxygens (including phenoxy) is 2. The Kier molecular flexibility index (Phi) is 10.2. The molecule has 5 nitrogen and oxygen atoms in total. The van der Waals surface area contributed by atoms with Crippen molar-refractivity contribution in [3.05, 3.63) is 29.8 Å². The number of hydrogen-bond donors (Lipinski definition) is 2. The van der Waals surface area contributed by atoms with Gasteiger partial charge in [-0.25, -0.2) is 0 Å². The summed E-state index contributed by atoms with van der Waals surface area (Å²) in [6.07, 6.45) is 0.191. The van der Waals surface area contributed by atoms with Gasteiger partial charge in [-0.2, -0.15) is 0 Å². The van der Waals surface area contributed by atoms with Gasteiger partial charge in [-0.05, 0) is 45.4 Å².